The molecule has 1 aromatic rings. The fourth-order valence-electron chi connectivity index (χ4n) is 2.77. The van der Waals surface area contributed by atoms with Gasteiger partial charge in [0.05, 0.1) is 6.20 Å². The number of rotatable bonds is 4. The summed E-state index contributed by atoms with van der Waals surface area (Å²) >= 11 is 1.82. The molecule has 0 aromatic carbocycles. The highest BCUT2D eigenvalue weighted by molar-refractivity contribution is 7.99. The maximum Gasteiger partial charge on any atom is 0.190 e. The first-order valence-electron chi connectivity index (χ1n) is 7.29. The molecular formula is C14H21N4S. The van der Waals surface area contributed by atoms with Crippen molar-refractivity contribution in [2.45, 2.75) is 55.0 Å². The minimum Gasteiger partial charge on any atom is -0.367 e. The molecule has 1 saturated carbocycles. The van der Waals surface area contributed by atoms with Crippen LogP contribution in [0.15, 0.2) is 11.2 Å². The van der Waals surface area contributed by atoms with Gasteiger partial charge in [-0.3, -0.25) is 0 Å². The molecule has 0 amide bonds. The van der Waals surface area contributed by atoms with Crippen molar-refractivity contribution in [3.05, 3.63) is 12.3 Å². The van der Waals surface area contributed by atoms with Gasteiger partial charge in [0.2, 0.25) is 0 Å². The summed E-state index contributed by atoms with van der Waals surface area (Å²) in [4.78, 5) is 8.89. The second kappa shape index (κ2) is 6.57. The Kier molecular flexibility index (Phi) is 4.56. The quantitative estimate of drug-likeness (QED) is 0.828. The lowest BCUT2D eigenvalue weighted by Crippen LogP contribution is -2.35. The van der Waals surface area contributed by atoms with Crippen LogP contribution in [0.2, 0.25) is 0 Å². The van der Waals surface area contributed by atoms with Gasteiger partial charge < -0.3 is 10.6 Å². The number of nitrogens with zero attached hydrogens (tertiary/aromatic N) is 2. The fourth-order valence-corrected chi connectivity index (χ4v) is 3.89. The number of thioether (sulfide) groups is 1. The predicted molar refractivity (Wildman–Crippen MR) is 78.5 cm³/mol. The maximum absolute atomic E-state index is 4.62. The van der Waals surface area contributed by atoms with Gasteiger partial charge in [0.25, 0.3) is 0 Å². The van der Waals surface area contributed by atoms with Gasteiger partial charge in [-0.05, 0) is 38.8 Å². The third-order valence-corrected chi connectivity index (χ3v) is 5.04. The second-order valence-electron chi connectivity index (χ2n) is 5.36. The zero-order valence-corrected chi connectivity index (χ0v) is 12.0. The zero-order valence-electron chi connectivity index (χ0n) is 11.2. The number of piperidine rings is 1. The highest BCUT2D eigenvalue weighted by atomic mass is 32.2. The van der Waals surface area contributed by atoms with E-state index in [1.54, 1.807) is 0 Å². The van der Waals surface area contributed by atoms with Gasteiger partial charge in [0.15, 0.2) is 5.16 Å². The first-order chi connectivity index (χ1) is 9.40. The molecule has 1 saturated heterocycles. The van der Waals surface area contributed by atoms with E-state index in [1.807, 2.05) is 17.8 Å². The molecule has 1 radical (unpaired) electrons. The summed E-state index contributed by atoms with van der Waals surface area (Å²) in [7, 11) is 0. The number of anilines is 1. The number of nitrogens with one attached hydrogen (secondary N) is 2. The highest BCUT2D eigenvalue weighted by Gasteiger charge is 2.18. The molecule has 5 heteroatoms. The van der Waals surface area contributed by atoms with E-state index in [0.29, 0.717) is 11.3 Å². The smallest absolute Gasteiger partial charge is 0.190 e. The Morgan fingerprint density at radius 2 is 2.00 bits per heavy atom. The van der Waals surface area contributed by atoms with Crippen LogP contribution in [0.3, 0.4) is 0 Å². The van der Waals surface area contributed by atoms with Gasteiger partial charge in [-0.1, -0.05) is 24.6 Å². The van der Waals surface area contributed by atoms with Crippen LogP contribution in [-0.2, 0) is 0 Å². The van der Waals surface area contributed by atoms with Gasteiger partial charge in [-0.2, -0.15) is 0 Å². The Bertz CT molecular complexity index is 400. The van der Waals surface area contributed by atoms with E-state index in [1.165, 1.54) is 25.7 Å². The largest absolute Gasteiger partial charge is 0.367 e. The molecule has 4 nitrogen and oxygen atoms in total. The number of hydrogen-bond acceptors (Lipinski definition) is 5. The topological polar surface area (TPSA) is 49.8 Å². The molecule has 103 valence electrons. The molecule has 3 rings (SSSR count). The summed E-state index contributed by atoms with van der Waals surface area (Å²) in [5, 5.41) is 8.48. The second-order valence-corrected chi connectivity index (χ2v) is 6.63. The molecule has 1 aromatic heterocycles. The monoisotopic (exact) mass is 277 g/mol. The third kappa shape index (κ3) is 3.83. The molecule has 1 aliphatic carbocycles. The van der Waals surface area contributed by atoms with Gasteiger partial charge >= 0.3 is 0 Å². The molecule has 2 aliphatic rings. The summed E-state index contributed by atoms with van der Waals surface area (Å²) < 4.78 is 0. The summed E-state index contributed by atoms with van der Waals surface area (Å²) in [5.41, 5.74) is 0. The number of hydrogen-bond donors (Lipinski definition) is 2. The van der Waals surface area contributed by atoms with Crippen molar-refractivity contribution in [2.75, 3.05) is 18.4 Å². The van der Waals surface area contributed by atoms with Crippen molar-refractivity contribution >= 4 is 17.6 Å². The first-order valence-corrected chi connectivity index (χ1v) is 8.17. The highest BCUT2D eigenvalue weighted by Crippen LogP contribution is 2.33. The molecular weight excluding hydrogens is 256 g/mol. The van der Waals surface area contributed by atoms with Crippen LogP contribution in [0, 0.1) is 6.20 Å². The van der Waals surface area contributed by atoms with Gasteiger partial charge in [-0.15, -0.1) is 0 Å². The van der Waals surface area contributed by atoms with Crippen molar-refractivity contribution in [3.63, 3.8) is 0 Å². The number of aromatic nitrogens is 2. The lowest BCUT2D eigenvalue weighted by Gasteiger charge is -2.24. The van der Waals surface area contributed by atoms with Gasteiger partial charge in [0, 0.05) is 17.4 Å². The maximum atomic E-state index is 4.62. The summed E-state index contributed by atoms with van der Waals surface area (Å²) in [6.45, 7) is 2.19. The molecule has 2 heterocycles. The van der Waals surface area contributed by atoms with Crippen LogP contribution in [-0.4, -0.2) is 34.3 Å². The molecule has 0 bridgehead atoms. The van der Waals surface area contributed by atoms with Crippen LogP contribution in [0.4, 0.5) is 5.82 Å². The molecule has 0 spiro atoms. The average molecular weight is 277 g/mol. The van der Waals surface area contributed by atoms with Gasteiger partial charge in [-0.25, -0.2) is 9.97 Å². The molecule has 2 fully saturated rings. The lowest BCUT2D eigenvalue weighted by atomic mass is 10.1. The van der Waals surface area contributed by atoms with Crippen molar-refractivity contribution in [1.82, 2.24) is 15.3 Å². The third-order valence-electron chi connectivity index (χ3n) is 3.84. The van der Waals surface area contributed by atoms with Crippen molar-refractivity contribution in [1.29, 1.82) is 0 Å². The van der Waals surface area contributed by atoms with E-state index < -0.39 is 0 Å². The zero-order chi connectivity index (χ0) is 12.9. The van der Waals surface area contributed by atoms with Crippen molar-refractivity contribution < 1.29 is 0 Å². The van der Waals surface area contributed by atoms with Crippen LogP contribution in [0.1, 0.15) is 38.5 Å². The molecule has 0 unspecified atom stereocenters. The molecule has 19 heavy (non-hydrogen) atoms. The van der Waals surface area contributed by atoms with E-state index in [0.717, 1.165) is 36.9 Å². The minimum absolute atomic E-state index is 0.536. The van der Waals surface area contributed by atoms with E-state index in [2.05, 4.69) is 26.8 Å². The minimum atomic E-state index is 0.536. The van der Waals surface area contributed by atoms with E-state index in [9.17, 15) is 0 Å². The molecule has 0 atom stereocenters. The fraction of sp³-hybridized carbons (Fsp3) is 0.714. The van der Waals surface area contributed by atoms with E-state index in [4.69, 9.17) is 0 Å². The Labute approximate surface area is 119 Å². The standard InChI is InChI=1S/C14H21N4S/c1-2-4-12(3-1)19-14-16-10-7-13(18-14)17-11-5-8-15-9-6-11/h7,11-12,15H,1-6,8-9H2,(H,16,17,18). The predicted octanol–water partition coefficient (Wildman–Crippen LogP) is 2.48. The van der Waals surface area contributed by atoms with Crippen molar-refractivity contribution in [2.24, 2.45) is 0 Å². The van der Waals surface area contributed by atoms with Crippen molar-refractivity contribution in [3.8, 4) is 0 Å². The van der Waals surface area contributed by atoms with Crippen LogP contribution in [0.5, 0.6) is 0 Å². The average Bonchev–Trinajstić information content (AvgIpc) is 2.93. The Morgan fingerprint density at radius 1 is 1.21 bits per heavy atom. The van der Waals surface area contributed by atoms with E-state index >= 15 is 0 Å². The van der Waals surface area contributed by atoms with E-state index in [-0.39, 0.29) is 0 Å². The summed E-state index contributed by atoms with van der Waals surface area (Å²) in [5.74, 6) is 0.933. The van der Waals surface area contributed by atoms with Crippen LogP contribution >= 0.6 is 11.8 Å². The Hall–Kier alpha value is -0.810. The Balaban J connectivity index is 1.58. The summed E-state index contributed by atoms with van der Waals surface area (Å²) in [6, 6.07) is 2.40. The molecule has 2 N–H and O–H groups in total. The normalized spacial score (nSPS) is 21.7. The summed E-state index contributed by atoms with van der Waals surface area (Å²) in [6.07, 6.45) is 10.6. The lowest BCUT2D eigenvalue weighted by molar-refractivity contribution is 0.478. The SMILES string of the molecule is [c]1cc(NC2CCNCC2)nc(SC2CCCC2)n1. The molecule has 1 aliphatic heterocycles. The van der Waals surface area contributed by atoms with Gasteiger partial charge in [0.1, 0.15) is 5.82 Å². The van der Waals surface area contributed by atoms with Crippen LogP contribution < -0.4 is 10.6 Å². The first kappa shape index (κ1) is 13.2. The Morgan fingerprint density at radius 3 is 2.79 bits per heavy atom. The van der Waals surface area contributed by atoms with Crippen LogP contribution in [0.25, 0.3) is 0 Å².